The lowest BCUT2D eigenvalue weighted by molar-refractivity contribution is -0.139. The largest absolute Gasteiger partial charge is 0.462 e. The monoisotopic (exact) mass is 306 g/mol. The molecule has 1 rings (SSSR count). The Balaban J connectivity index is 2.76. The van der Waals surface area contributed by atoms with Crippen LogP contribution in [0.2, 0.25) is 5.02 Å². The number of hydrogen-bond donors (Lipinski definition) is 0. The Kier molecular flexibility index (Phi) is 5.62. The number of halogens is 4. The SMILES string of the molecule is CC(C)COC(=O)/C=C/c1ccc(C(F)(F)F)cc1Cl. The molecule has 0 amide bonds. The zero-order chi connectivity index (χ0) is 15.3. The molecule has 1 aromatic rings. The fourth-order valence-electron chi connectivity index (χ4n) is 1.29. The van der Waals surface area contributed by atoms with E-state index in [1.807, 2.05) is 13.8 Å². The maximum absolute atomic E-state index is 12.4. The van der Waals surface area contributed by atoms with Crippen LogP contribution in [0.25, 0.3) is 6.08 Å². The average Bonchev–Trinajstić information content (AvgIpc) is 2.33. The fourth-order valence-corrected chi connectivity index (χ4v) is 1.54. The molecule has 110 valence electrons. The van der Waals surface area contributed by atoms with Crippen LogP contribution in [0.1, 0.15) is 25.0 Å². The van der Waals surface area contributed by atoms with E-state index in [0.29, 0.717) is 5.56 Å². The summed E-state index contributed by atoms with van der Waals surface area (Å²) >= 11 is 5.74. The highest BCUT2D eigenvalue weighted by atomic mass is 35.5. The summed E-state index contributed by atoms with van der Waals surface area (Å²) in [6.45, 7) is 4.07. The Morgan fingerprint density at radius 1 is 1.40 bits per heavy atom. The van der Waals surface area contributed by atoms with Gasteiger partial charge in [0.15, 0.2) is 0 Å². The molecule has 0 aliphatic heterocycles. The van der Waals surface area contributed by atoms with Crippen LogP contribution in [0.5, 0.6) is 0 Å². The first-order valence-electron chi connectivity index (χ1n) is 5.91. The van der Waals surface area contributed by atoms with Crippen molar-refractivity contribution in [2.24, 2.45) is 5.92 Å². The van der Waals surface area contributed by atoms with E-state index in [-0.39, 0.29) is 17.5 Å². The van der Waals surface area contributed by atoms with Gasteiger partial charge in [0.25, 0.3) is 0 Å². The predicted octanol–water partition coefficient (Wildman–Crippen LogP) is 4.57. The quantitative estimate of drug-likeness (QED) is 0.601. The number of rotatable bonds is 4. The zero-order valence-corrected chi connectivity index (χ0v) is 11.8. The Morgan fingerprint density at radius 2 is 2.05 bits per heavy atom. The molecule has 0 heterocycles. The number of benzene rings is 1. The molecule has 2 nitrogen and oxygen atoms in total. The number of ether oxygens (including phenoxy) is 1. The summed E-state index contributed by atoms with van der Waals surface area (Å²) < 4.78 is 42.2. The first-order valence-corrected chi connectivity index (χ1v) is 6.29. The molecule has 0 saturated carbocycles. The molecule has 0 spiro atoms. The maximum Gasteiger partial charge on any atom is 0.416 e. The standard InChI is InChI=1S/C14H14ClF3O2/c1-9(2)8-20-13(19)6-4-10-3-5-11(7-12(10)15)14(16,17)18/h3-7,9H,8H2,1-2H3/b6-4+. The predicted molar refractivity (Wildman–Crippen MR) is 71.3 cm³/mol. The third-order valence-electron chi connectivity index (χ3n) is 2.29. The maximum atomic E-state index is 12.4. The number of carbonyl (C=O) groups excluding carboxylic acids is 1. The summed E-state index contributed by atoms with van der Waals surface area (Å²) in [5, 5.41) is -0.0762. The number of carbonyl (C=O) groups is 1. The summed E-state index contributed by atoms with van der Waals surface area (Å²) in [7, 11) is 0. The van der Waals surface area contributed by atoms with Gasteiger partial charge in [-0.2, -0.15) is 13.2 Å². The van der Waals surface area contributed by atoms with Crippen LogP contribution >= 0.6 is 11.6 Å². The lowest BCUT2D eigenvalue weighted by Gasteiger charge is -2.08. The van der Waals surface area contributed by atoms with Crippen LogP contribution in [-0.2, 0) is 15.7 Å². The molecule has 0 fully saturated rings. The molecule has 0 unspecified atom stereocenters. The first kappa shape index (κ1) is 16.6. The molecular weight excluding hydrogens is 293 g/mol. The highest BCUT2D eigenvalue weighted by Gasteiger charge is 2.30. The van der Waals surface area contributed by atoms with Crippen LogP contribution in [-0.4, -0.2) is 12.6 Å². The van der Waals surface area contributed by atoms with Crippen molar-refractivity contribution in [2.75, 3.05) is 6.61 Å². The van der Waals surface area contributed by atoms with E-state index in [2.05, 4.69) is 0 Å². The summed E-state index contributed by atoms with van der Waals surface area (Å²) in [5.74, 6) is -0.350. The van der Waals surface area contributed by atoms with Crippen LogP contribution in [0.4, 0.5) is 13.2 Å². The summed E-state index contributed by atoms with van der Waals surface area (Å²) in [5.41, 5.74) is -0.511. The fraction of sp³-hybridized carbons (Fsp3) is 0.357. The molecule has 6 heteroatoms. The highest BCUT2D eigenvalue weighted by molar-refractivity contribution is 6.32. The third kappa shape index (κ3) is 5.25. The van der Waals surface area contributed by atoms with Crippen LogP contribution in [0.15, 0.2) is 24.3 Å². The second-order valence-corrected chi connectivity index (χ2v) is 5.00. The number of alkyl halides is 3. The van der Waals surface area contributed by atoms with Gasteiger partial charge in [0.2, 0.25) is 0 Å². The molecule has 1 aromatic carbocycles. The smallest absolute Gasteiger partial charge is 0.416 e. The normalized spacial score (nSPS) is 12.2. The Labute approximate surface area is 120 Å². The van der Waals surface area contributed by atoms with Gasteiger partial charge in [-0.25, -0.2) is 4.79 Å². The molecule has 0 atom stereocenters. The van der Waals surface area contributed by atoms with E-state index in [4.69, 9.17) is 16.3 Å². The van der Waals surface area contributed by atoms with Crippen LogP contribution in [0, 0.1) is 5.92 Å². The van der Waals surface area contributed by atoms with Crippen molar-refractivity contribution in [3.8, 4) is 0 Å². The van der Waals surface area contributed by atoms with Gasteiger partial charge in [0, 0.05) is 11.1 Å². The third-order valence-corrected chi connectivity index (χ3v) is 2.61. The second kappa shape index (κ2) is 6.79. The van der Waals surface area contributed by atoms with Gasteiger partial charge in [-0.05, 0) is 29.7 Å². The Hall–Kier alpha value is -1.49. The van der Waals surface area contributed by atoms with Gasteiger partial charge in [-0.15, -0.1) is 0 Å². The molecule has 20 heavy (non-hydrogen) atoms. The van der Waals surface area contributed by atoms with Gasteiger partial charge in [-0.1, -0.05) is 31.5 Å². The van der Waals surface area contributed by atoms with Crippen molar-refractivity contribution in [2.45, 2.75) is 20.0 Å². The van der Waals surface area contributed by atoms with E-state index in [1.165, 1.54) is 12.1 Å². The van der Waals surface area contributed by atoms with Crippen molar-refractivity contribution < 1.29 is 22.7 Å². The van der Waals surface area contributed by atoms with Crippen molar-refractivity contribution >= 4 is 23.6 Å². The summed E-state index contributed by atoms with van der Waals surface area (Å²) in [4.78, 5) is 11.3. The number of hydrogen-bond acceptors (Lipinski definition) is 2. The molecule has 0 bridgehead atoms. The van der Waals surface area contributed by atoms with E-state index in [9.17, 15) is 18.0 Å². The van der Waals surface area contributed by atoms with E-state index in [0.717, 1.165) is 18.2 Å². The topological polar surface area (TPSA) is 26.3 Å². The molecular formula is C14H14ClF3O2. The molecule has 0 aliphatic carbocycles. The Morgan fingerprint density at radius 3 is 2.55 bits per heavy atom. The van der Waals surface area contributed by atoms with E-state index < -0.39 is 17.7 Å². The lowest BCUT2D eigenvalue weighted by Crippen LogP contribution is -2.07. The van der Waals surface area contributed by atoms with Gasteiger partial charge >= 0.3 is 12.1 Å². The molecule has 0 saturated heterocycles. The minimum atomic E-state index is -4.44. The van der Waals surface area contributed by atoms with E-state index in [1.54, 1.807) is 0 Å². The number of esters is 1. The summed E-state index contributed by atoms with van der Waals surface area (Å²) in [6.07, 6.45) is -1.98. The van der Waals surface area contributed by atoms with Crippen LogP contribution < -0.4 is 0 Å². The second-order valence-electron chi connectivity index (χ2n) is 4.59. The molecule has 0 aromatic heterocycles. The van der Waals surface area contributed by atoms with Gasteiger partial charge in [0.1, 0.15) is 0 Å². The Bertz CT molecular complexity index is 508. The molecule has 0 radical (unpaired) electrons. The van der Waals surface area contributed by atoms with Crippen molar-refractivity contribution in [3.63, 3.8) is 0 Å². The van der Waals surface area contributed by atoms with Gasteiger partial charge in [-0.3, -0.25) is 0 Å². The minimum Gasteiger partial charge on any atom is -0.462 e. The highest BCUT2D eigenvalue weighted by Crippen LogP contribution is 2.32. The molecule has 0 aliphatic rings. The van der Waals surface area contributed by atoms with Gasteiger partial charge < -0.3 is 4.74 Å². The molecule has 0 N–H and O–H groups in total. The lowest BCUT2D eigenvalue weighted by atomic mass is 10.1. The van der Waals surface area contributed by atoms with Crippen LogP contribution in [0.3, 0.4) is 0 Å². The first-order chi connectivity index (χ1) is 9.20. The van der Waals surface area contributed by atoms with Crippen molar-refractivity contribution in [3.05, 3.63) is 40.4 Å². The van der Waals surface area contributed by atoms with E-state index >= 15 is 0 Å². The summed E-state index contributed by atoms with van der Waals surface area (Å²) in [6, 6.07) is 2.93. The van der Waals surface area contributed by atoms with Crippen molar-refractivity contribution in [1.82, 2.24) is 0 Å². The van der Waals surface area contributed by atoms with Crippen molar-refractivity contribution in [1.29, 1.82) is 0 Å². The minimum absolute atomic E-state index is 0.0762. The van der Waals surface area contributed by atoms with Gasteiger partial charge in [0.05, 0.1) is 12.2 Å². The zero-order valence-electron chi connectivity index (χ0n) is 11.0. The average molecular weight is 307 g/mol.